The van der Waals surface area contributed by atoms with Crippen LogP contribution in [0, 0.1) is 5.92 Å². The summed E-state index contributed by atoms with van der Waals surface area (Å²) in [6.07, 6.45) is 4.88. The first-order valence-corrected chi connectivity index (χ1v) is 7.81. The zero-order valence-corrected chi connectivity index (χ0v) is 13.8. The van der Waals surface area contributed by atoms with Crippen molar-refractivity contribution >= 4 is 5.91 Å². The molecule has 1 N–H and O–H groups in total. The van der Waals surface area contributed by atoms with Crippen molar-refractivity contribution in [3.05, 3.63) is 48.5 Å². The van der Waals surface area contributed by atoms with Crippen LogP contribution in [0.2, 0.25) is 0 Å². The molecule has 2 aromatic rings. The highest BCUT2D eigenvalue weighted by Gasteiger charge is 2.15. The molecule has 122 valence electrons. The molecule has 1 heterocycles. The maximum atomic E-state index is 12.5. The van der Waals surface area contributed by atoms with E-state index in [0.717, 1.165) is 11.1 Å². The topological polar surface area (TPSA) is 64.1 Å². The first-order chi connectivity index (χ1) is 11.1. The molecule has 23 heavy (non-hydrogen) atoms. The molecule has 0 fully saturated rings. The van der Waals surface area contributed by atoms with Crippen molar-refractivity contribution in [2.24, 2.45) is 5.92 Å². The van der Waals surface area contributed by atoms with Crippen LogP contribution in [0.1, 0.15) is 31.1 Å². The zero-order valence-electron chi connectivity index (χ0n) is 13.8. The lowest BCUT2D eigenvalue weighted by Crippen LogP contribution is -2.36. The standard InChI is InChI=1S/C18H23N3O2/c1-13(2)10-23-11-14(3)21-18(22)17-7-5-4-6-16(17)15-8-19-12-20-9-15/h4-9,12-14H,10-11H2,1-3H3,(H,21,22)/t14-/m1/s1. The first kappa shape index (κ1) is 17.1. The zero-order chi connectivity index (χ0) is 16.7. The van der Waals surface area contributed by atoms with Crippen molar-refractivity contribution in [2.45, 2.75) is 26.8 Å². The van der Waals surface area contributed by atoms with Gasteiger partial charge in [-0.25, -0.2) is 9.97 Å². The highest BCUT2D eigenvalue weighted by atomic mass is 16.5. The van der Waals surface area contributed by atoms with Crippen LogP contribution >= 0.6 is 0 Å². The van der Waals surface area contributed by atoms with E-state index < -0.39 is 0 Å². The fourth-order valence-electron chi connectivity index (χ4n) is 2.19. The smallest absolute Gasteiger partial charge is 0.252 e. The number of nitrogens with one attached hydrogen (secondary N) is 1. The molecule has 1 aromatic carbocycles. The summed E-state index contributed by atoms with van der Waals surface area (Å²) in [4.78, 5) is 20.6. The molecule has 5 heteroatoms. The Morgan fingerprint density at radius 1 is 1.13 bits per heavy atom. The number of hydrogen-bond donors (Lipinski definition) is 1. The fraction of sp³-hybridized carbons (Fsp3) is 0.389. The predicted octanol–water partition coefficient (Wildman–Crippen LogP) is 2.93. The van der Waals surface area contributed by atoms with Gasteiger partial charge in [0.15, 0.2) is 0 Å². The van der Waals surface area contributed by atoms with Crippen molar-refractivity contribution in [1.82, 2.24) is 15.3 Å². The fourth-order valence-corrected chi connectivity index (χ4v) is 2.19. The van der Waals surface area contributed by atoms with E-state index in [2.05, 4.69) is 29.1 Å². The number of carbonyl (C=O) groups excluding carboxylic acids is 1. The molecule has 1 aromatic heterocycles. The van der Waals surface area contributed by atoms with Crippen molar-refractivity contribution in [1.29, 1.82) is 0 Å². The summed E-state index contributed by atoms with van der Waals surface area (Å²) in [7, 11) is 0. The molecule has 0 aliphatic heterocycles. The SMILES string of the molecule is CC(C)COC[C@@H](C)NC(=O)c1ccccc1-c1cncnc1. The van der Waals surface area contributed by atoms with Crippen LogP contribution in [0.15, 0.2) is 43.0 Å². The van der Waals surface area contributed by atoms with E-state index in [9.17, 15) is 4.79 Å². The minimum absolute atomic E-state index is 0.0543. The van der Waals surface area contributed by atoms with E-state index in [1.54, 1.807) is 18.5 Å². The Labute approximate surface area is 137 Å². The molecular weight excluding hydrogens is 290 g/mol. The highest BCUT2D eigenvalue weighted by molar-refractivity contribution is 6.00. The molecule has 1 amide bonds. The minimum atomic E-state index is -0.120. The first-order valence-electron chi connectivity index (χ1n) is 7.81. The van der Waals surface area contributed by atoms with Gasteiger partial charge in [0.2, 0.25) is 0 Å². The molecule has 0 spiro atoms. The summed E-state index contributed by atoms with van der Waals surface area (Å²) in [5.41, 5.74) is 2.25. The third kappa shape index (κ3) is 5.14. The average molecular weight is 313 g/mol. The monoisotopic (exact) mass is 313 g/mol. The van der Waals surface area contributed by atoms with Crippen LogP contribution in [-0.4, -0.2) is 35.1 Å². The van der Waals surface area contributed by atoms with Crippen LogP contribution in [0.5, 0.6) is 0 Å². The lowest BCUT2D eigenvalue weighted by atomic mass is 10.0. The number of rotatable bonds is 7. The lowest BCUT2D eigenvalue weighted by molar-refractivity contribution is 0.0792. The van der Waals surface area contributed by atoms with Crippen LogP contribution in [-0.2, 0) is 4.74 Å². The minimum Gasteiger partial charge on any atom is -0.379 e. The quantitative estimate of drug-likeness (QED) is 0.853. The Kier molecular flexibility index (Phi) is 6.23. The van der Waals surface area contributed by atoms with Gasteiger partial charge >= 0.3 is 0 Å². The van der Waals surface area contributed by atoms with Gasteiger partial charge in [-0.15, -0.1) is 0 Å². The van der Waals surface area contributed by atoms with Crippen molar-refractivity contribution in [2.75, 3.05) is 13.2 Å². The van der Waals surface area contributed by atoms with Gasteiger partial charge in [0, 0.05) is 36.2 Å². The molecular formula is C18H23N3O2. The third-order valence-corrected chi connectivity index (χ3v) is 3.24. The van der Waals surface area contributed by atoms with Gasteiger partial charge in [-0.1, -0.05) is 32.0 Å². The van der Waals surface area contributed by atoms with Crippen LogP contribution in [0.4, 0.5) is 0 Å². The van der Waals surface area contributed by atoms with Gasteiger partial charge < -0.3 is 10.1 Å². The van der Waals surface area contributed by atoms with Crippen molar-refractivity contribution in [3.63, 3.8) is 0 Å². The maximum absolute atomic E-state index is 12.5. The number of carbonyl (C=O) groups is 1. The molecule has 0 saturated heterocycles. The van der Waals surface area contributed by atoms with E-state index in [0.29, 0.717) is 24.7 Å². The van der Waals surface area contributed by atoms with E-state index in [1.807, 2.05) is 25.1 Å². The average Bonchev–Trinajstić information content (AvgIpc) is 2.55. The Morgan fingerprint density at radius 2 is 1.83 bits per heavy atom. The summed E-state index contributed by atoms with van der Waals surface area (Å²) in [6, 6.07) is 7.39. The number of nitrogens with zero attached hydrogens (tertiary/aromatic N) is 2. The number of ether oxygens (including phenoxy) is 1. The second kappa shape index (κ2) is 8.39. The molecule has 0 aliphatic carbocycles. The van der Waals surface area contributed by atoms with E-state index in [1.165, 1.54) is 6.33 Å². The largest absolute Gasteiger partial charge is 0.379 e. The molecule has 0 radical (unpaired) electrons. The summed E-state index contributed by atoms with van der Waals surface area (Å²) in [6.45, 7) is 7.33. The van der Waals surface area contributed by atoms with Gasteiger partial charge in [0.05, 0.1) is 6.61 Å². The highest BCUT2D eigenvalue weighted by Crippen LogP contribution is 2.22. The number of amides is 1. The number of aromatic nitrogens is 2. The number of benzene rings is 1. The molecule has 2 rings (SSSR count). The second-order valence-corrected chi connectivity index (χ2v) is 5.98. The predicted molar refractivity (Wildman–Crippen MR) is 90.1 cm³/mol. The van der Waals surface area contributed by atoms with Crippen LogP contribution < -0.4 is 5.32 Å². The van der Waals surface area contributed by atoms with Gasteiger partial charge in [-0.05, 0) is 24.5 Å². The summed E-state index contributed by atoms with van der Waals surface area (Å²) >= 11 is 0. The lowest BCUT2D eigenvalue weighted by Gasteiger charge is -2.16. The molecule has 5 nitrogen and oxygen atoms in total. The van der Waals surface area contributed by atoms with Crippen LogP contribution in [0.3, 0.4) is 0 Å². The van der Waals surface area contributed by atoms with Gasteiger partial charge in [-0.3, -0.25) is 4.79 Å². The Balaban J connectivity index is 2.05. The summed E-state index contributed by atoms with van der Waals surface area (Å²) in [5.74, 6) is 0.363. The van der Waals surface area contributed by atoms with E-state index in [4.69, 9.17) is 4.74 Å². The molecule has 0 unspecified atom stereocenters. The van der Waals surface area contributed by atoms with Crippen molar-refractivity contribution in [3.8, 4) is 11.1 Å². The van der Waals surface area contributed by atoms with E-state index in [-0.39, 0.29) is 11.9 Å². The van der Waals surface area contributed by atoms with Gasteiger partial charge in [-0.2, -0.15) is 0 Å². The third-order valence-electron chi connectivity index (χ3n) is 3.24. The van der Waals surface area contributed by atoms with E-state index >= 15 is 0 Å². The normalized spacial score (nSPS) is 12.2. The Hall–Kier alpha value is -2.27. The second-order valence-electron chi connectivity index (χ2n) is 5.98. The Bertz CT molecular complexity index is 629. The summed E-state index contributed by atoms with van der Waals surface area (Å²) in [5, 5.41) is 2.98. The number of hydrogen-bond acceptors (Lipinski definition) is 4. The van der Waals surface area contributed by atoms with Crippen LogP contribution in [0.25, 0.3) is 11.1 Å². The Morgan fingerprint density at radius 3 is 2.52 bits per heavy atom. The molecule has 0 bridgehead atoms. The van der Waals surface area contributed by atoms with Gasteiger partial charge in [0.25, 0.3) is 5.91 Å². The van der Waals surface area contributed by atoms with Crippen molar-refractivity contribution < 1.29 is 9.53 Å². The van der Waals surface area contributed by atoms with Gasteiger partial charge in [0.1, 0.15) is 6.33 Å². The molecule has 0 saturated carbocycles. The maximum Gasteiger partial charge on any atom is 0.252 e. The summed E-state index contributed by atoms with van der Waals surface area (Å²) < 4.78 is 5.57. The molecule has 0 aliphatic rings. The molecule has 1 atom stereocenters.